The molecule has 2 aromatic heterocycles. The standard InChI is InChI=1S/C16H20N4O/c1-4-20-15(10-14(18-20)12-5-6-12)16(21)19(3)13-7-8-17-11(2)9-13/h7-10,12H,4-6H2,1-3H3. The van der Waals surface area contributed by atoms with Gasteiger partial charge in [-0.25, -0.2) is 0 Å². The highest BCUT2D eigenvalue weighted by Crippen LogP contribution is 2.39. The number of aryl methyl sites for hydroxylation is 2. The first kappa shape index (κ1) is 13.8. The van der Waals surface area contributed by atoms with Crippen molar-refractivity contribution in [3.8, 4) is 0 Å². The molecule has 5 nitrogen and oxygen atoms in total. The zero-order valence-electron chi connectivity index (χ0n) is 12.7. The molecule has 1 aliphatic carbocycles. The van der Waals surface area contributed by atoms with Crippen LogP contribution in [-0.4, -0.2) is 27.7 Å². The second-order valence-corrected chi connectivity index (χ2v) is 5.56. The molecule has 2 heterocycles. The SMILES string of the molecule is CCn1nc(C2CC2)cc1C(=O)N(C)c1ccnc(C)c1. The summed E-state index contributed by atoms with van der Waals surface area (Å²) in [5, 5.41) is 4.56. The minimum atomic E-state index is -0.0261. The average molecular weight is 284 g/mol. The molecule has 110 valence electrons. The van der Waals surface area contributed by atoms with Crippen LogP contribution in [0.5, 0.6) is 0 Å². The predicted octanol–water partition coefficient (Wildman–Crippen LogP) is 2.76. The molecular formula is C16H20N4O. The highest BCUT2D eigenvalue weighted by molar-refractivity contribution is 6.04. The topological polar surface area (TPSA) is 51.0 Å². The van der Waals surface area contributed by atoms with E-state index in [4.69, 9.17) is 0 Å². The van der Waals surface area contributed by atoms with Crippen LogP contribution in [0, 0.1) is 6.92 Å². The molecule has 0 radical (unpaired) electrons. The third-order valence-corrected chi connectivity index (χ3v) is 3.89. The summed E-state index contributed by atoms with van der Waals surface area (Å²) in [5.41, 5.74) is 3.47. The Morgan fingerprint density at radius 1 is 1.43 bits per heavy atom. The summed E-state index contributed by atoms with van der Waals surface area (Å²) < 4.78 is 1.81. The molecule has 0 atom stereocenters. The Balaban J connectivity index is 1.90. The van der Waals surface area contributed by atoms with Crippen LogP contribution in [0.15, 0.2) is 24.4 Å². The molecule has 1 amide bonds. The maximum absolute atomic E-state index is 12.7. The number of anilines is 1. The summed E-state index contributed by atoms with van der Waals surface area (Å²) in [5.74, 6) is 0.527. The third kappa shape index (κ3) is 2.68. The summed E-state index contributed by atoms with van der Waals surface area (Å²) in [4.78, 5) is 18.6. The number of amides is 1. The van der Waals surface area contributed by atoms with Crippen molar-refractivity contribution >= 4 is 11.6 Å². The van der Waals surface area contributed by atoms with E-state index in [1.54, 1.807) is 22.8 Å². The zero-order valence-corrected chi connectivity index (χ0v) is 12.7. The Morgan fingerprint density at radius 2 is 2.19 bits per heavy atom. The molecule has 0 N–H and O–H groups in total. The zero-order chi connectivity index (χ0) is 15.0. The van der Waals surface area contributed by atoms with Crippen LogP contribution in [-0.2, 0) is 6.54 Å². The minimum Gasteiger partial charge on any atom is -0.310 e. The van der Waals surface area contributed by atoms with Gasteiger partial charge in [0.2, 0.25) is 0 Å². The largest absolute Gasteiger partial charge is 0.310 e. The molecule has 1 aliphatic rings. The lowest BCUT2D eigenvalue weighted by Crippen LogP contribution is -2.28. The van der Waals surface area contributed by atoms with Crippen molar-refractivity contribution in [1.82, 2.24) is 14.8 Å². The normalized spacial score (nSPS) is 14.2. The van der Waals surface area contributed by atoms with Crippen LogP contribution < -0.4 is 4.90 Å². The maximum Gasteiger partial charge on any atom is 0.276 e. The maximum atomic E-state index is 12.7. The second kappa shape index (κ2) is 5.31. The molecule has 0 spiro atoms. The van der Waals surface area contributed by atoms with Gasteiger partial charge < -0.3 is 4.90 Å². The van der Waals surface area contributed by atoms with E-state index in [1.807, 2.05) is 32.0 Å². The predicted molar refractivity (Wildman–Crippen MR) is 81.6 cm³/mol. The van der Waals surface area contributed by atoms with E-state index in [9.17, 15) is 4.79 Å². The van der Waals surface area contributed by atoms with Crippen LogP contribution in [0.1, 0.15) is 47.6 Å². The van der Waals surface area contributed by atoms with Gasteiger partial charge in [-0.3, -0.25) is 14.5 Å². The number of pyridine rings is 1. The first-order valence-corrected chi connectivity index (χ1v) is 7.38. The van der Waals surface area contributed by atoms with Gasteiger partial charge in [-0.05, 0) is 44.9 Å². The molecule has 21 heavy (non-hydrogen) atoms. The third-order valence-electron chi connectivity index (χ3n) is 3.89. The summed E-state index contributed by atoms with van der Waals surface area (Å²) in [6.07, 6.45) is 4.10. The molecule has 0 unspecified atom stereocenters. The van der Waals surface area contributed by atoms with E-state index in [2.05, 4.69) is 10.1 Å². The van der Waals surface area contributed by atoms with Crippen LogP contribution in [0.2, 0.25) is 0 Å². The number of carbonyl (C=O) groups is 1. The number of nitrogens with zero attached hydrogens (tertiary/aromatic N) is 4. The van der Waals surface area contributed by atoms with Gasteiger partial charge in [-0.15, -0.1) is 0 Å². The van der Waals surface area contributed by atoms with Crippen molar-refractivity contribution in [3.05, 3.63) is 41.5 Å². The Bertz CT molecular complexity index is 673. The van der Waals surface area contributed by atoms with E-state index >= 15 is 0 Å². The fourth-order valence-corrected chi connectivity index (χ4v) is 2.46. The van der Waals surface area contributed by atoms with Crippen LogP contribution in [0.3, 0.4) is 0 Å². The molecule has 3 rings (SSSR count). The van der Waals surface area contributed by atoms with Gasteiger partial charge in [0.05, 0.1) is 5.69 Å². The van der Waals surface area contributed by atoms with Gasteiger partial charge in [0.25, 0.3) is 5.91 Å². The molecule has 5 heteroatoms. The first-order chi connectivity index (χ1) is 10.1. The van der Waals surface area contributed by atoms with Crippen molar-refractivity contribution in [3.63, 3.8) is 0 Å². The van der Waals surface area contributed by atoms with Crippen LogP contribution >= 0.6 is 0 Å². The lowest BCUT2D eigenvalue weighted by atomic mass is 10.2. The average Bonchev–Trinajstić information content (AvgIpc) is 3.25. The van der Waals surface area contributed by atoms with Crippen molar-refractivity contribution in [1.29, 1.82) is 0 Å². The second-order valence-electron chi connectivity index (χ2n) is 5.56. The smallest absolute Gasteiger partial charge is 0.276 e. The molecule has 0 aliphatic heterocycles. The number of carbonyl (C=O) groups excluding carboxylic acids is 1. The van der Waals surface area contributed by atoms with Crippen molar-refractivity contribution in [2.75, 3.05) is 11.9 Å². The molecular weight excluding hydrogens is 264 g/mol. The number of hydrogen-bond acceptors (Lipinski definition) is 3. The van der Waals surface area contributed by atoms with Gasteiger partial charge in [-0.1, -0.05) is 0 Å². The molecule has 0 bridgehead atoms. The van der Waals surface area contributed by atoms with Crippen LogP contribution in [0.4, 0.5) is 5.69 Å². The Labute approximate surface area is 124 Å². The lowest BCUT2D eigenvalue weighted by molar-refractivity contribution is 0.0983. The fourth-order valence-electron chi connectivity index (χ4n) is 2.46. The Hall–Kier alpha value is -2.17. The molecule has 0 saturated heterocycles. The molecule has 0 aromatic carbocycles. The van der Waals surface area contributed by atoms with Gasteiger partial charge in [0, 0.05) is 37.1 Å². The number of hydrogen-bond donors (Lipinski definition) is 0. The quantitative estimate of drug-likeness (QED) is 0.867. The monoisotopic (exact) mass is 284 g/mol. The molecule has 1 fully saturated rings. The number of rotatable bonds is 4. The molecule has 1 saturated carbocycles. The molecule has 2 aromatic rings. The van der Waals surface area contributed by atoms with E-state index in [1.165, 1.54) is 12.8 Å². The van der Waals surface area contributed by atoms with Crippen molar-refractivity contribution in [2.45, 2.75) is 39.2 Å². The Kier molecular flexibility index (Phi) is 3.49. The van der Waals surface area contributed by atoms with Gasteiger partial charge in [0.1, 0.15) is 5.69 Å². The van der Waals surface area contributed by atoms with Crippen molar-refractivity contribution in [2.24, 2.45) is 0 Å². The Morgan fingerprint density at radius 3 is 2.81 bits per heavy atom. The van der Waals surface area contributed by atoms with Gasteiger partial charge in [0.15, 0.2) is 0 Å². The summed E-state index contributed by atoms with van der Waals surface area (Å²) in [6, 6.07) is 5.71. The van der Waals surface area contributed by atoms with Gasteiger partial charge in [-0.2, -0.15) is 5.10 Å². The number of aromatic nitrogens is 3. The minimum absolute atomic E-state index is 0.0261. The highest BCUT2D eigenvalue weighted by atomic mass is 16.2. The lowest BCUT2D eigenvalue weighted by Gasteiger charge is -2.17. The fraction of sp³-hybridized carbons (Fsp3) is 0.438. The van der Waals surface area contributed by atoms with Crippen molar-refractivity contribution < 1.29 is 4.79 Å². The van der Waals surface area contributed by atoms with Crippen LogP contribution in [0.25, 0.3) is 0 Å². The summed E-state index contributed by atoms with van der Waals surface area (Å²) >= 11 is 0. The van der Waals surface area contributed by atoms with E-state index < -0.39 is 0 Å². The van der Waals surface area contributed by atoms with E-state index in [-0.39, 0.29) is 5.91 Å². The van der Waals surface area contributed by atoms with E-state index in [0.29, 0.717) is 18.2 Å². The van der Waals surface area contributed by atoms with Gasteiger partial charge >= 0.3 is 0 Å². The first-order valence-electron chi connectivity index (χ1n) is 7.38. The summed E-state index contributed by atoms with van der Waals surface area (Å²) in [7, 11) is 1.79. The van der Waals surface area contributed by atoms with E-state index in [0.717, 1.165) is 17.1 Å². The summed E-state index contributed by atoms with van der Waals surface area (Å²) in [6.45, 7) is 4.64. The highest BCUT2D eigenvalue weighted by Gasteiger charge is 2.29.